The van der Waals surface area contributed by atoms with E-state index in [1.807, 2.05) is 0 Å². The number of hydrogen-bond acceptors (Lipinski definition) is 4. The molecule has 1 atom stereocenters. The lowest BCUT2D eigenvalue weighted by Gasteiger charge is -2.10. The number of rotatable bonds is 11. The third kappa shape index (κ3) is 6.29. The average molecular weight is 306 g/mol. The summed E-state index contributed by atoms with van der Waals surface area (Å²) in [6.07, 6.45) is 6.27. The van der Waals surface area contributed by atoms with Crippen molar-refractivity contribution in [3.8, 4) is 11.5 Å². The summed E-state index contributed by atoms with van der Waals surface area (Å²) in [5.74, 6) is 0.471. The number of aryl methyl sites for hydroxylation is 1. The monoisotopic (exact) mass is 306 g/mol. The zero-order valence-electron chi connectivity index (χ0n) is 13.5. The number of Topliss-reactive ketones (excluding diaryl/α,β-unsaturated/α-hetero) is 1. The Hall–Kier alpha value is -1.84. The van der Waals surface area contributed by atoms with Crippen LogP contribution in [0.15, 0.2) is 18.2 Å². The number of ketones is 1. The highest BCUT2D eigenvalue weighted by atomic mass is 16.5. The van der Waals surface area contributed by atoms with Gasteiger partial charge < -0.3 is 14.6 Å². The highest BCUT2D eigenvalue weighted by Crippen LogP contribution is 2.26. The van der Waals surface area contributed by atoms with Gasteiger partial charge in [-0.2, -0.15) is 0 Å². The first kappa shape index (κ1) is 18.2. The van der Waals surface area contributed by atoms with Gasteiger partial charge in [-0.25, -0.2) is 0 Å². The molecule has 122 valence electrons. The van der Waals surface area contributed by atoms with E-state index in [4.69, 9.17) is 4.74 Å². The van der Waals surface area contributed by atoms with Crippen LogP contribution in [0.25, 0.3) is 0 Å². The summed E-state index contributed by atoms with van der Waals surface area (Å²) < 4.78 is 5.05. The van der Waals surface area contributed by atoms with Gasteiger partial charge in [0, 0.05) is 18.8 Å². The Bertz CT molecular complexity index is 482. The molecule has 0 aromatic heterocycles. The van der Waals surface area contributed by atoms with Crippen LogP contribution in [0.5, 0.6) is 11.5 Å². The normalized spacial score (nSPS) is 11.9. The molecular formula is C18H26O4. The van der Waals surface area contributed by atoms with E-state index in [2.05, 4.69) is 6.92 Å². The molecule has 0 spiro atoms. The Labute approximate surface area is 132 Å². The predicted octanol–water partition coefficient (Wildman–Crippen LogP) is 3.69. The van der Waals surface area contributed by atoms with E-state index in [0.29, 0.717) is 25.0 Å². The van der Waals surface area contributed by atoms with Crippen LogP contribution < -0.4 is 4.74 Å². The van der Waals surface area contributed by atoms with E-state index in [0.717, 1.165) is 37.5 Å². The fraction of sp³-hybridized carbons (Fsp3) is 0.556. The molecule has 0 aliphatic heterocycles. The third-order valence-corrected chi connectivity index (χ3v) is 3.80. The van der Waals surface area contributed by atoms with Crippen molar-refractivity contribution in [1.82, 2.24) is 0 Å². The lowest BCUT2D eigenvalue weighted by atomic mass is 9.95. The van der Waals surface area contributed by atoms with Crippen LogP contribution in [-0.4, -0.2) is 24.3 Å². The van der Waals surface area contributed by atoms with Gasteiger partial charge in [0.1, 0.15) is 12.1 Å². The van der Waals surface area contributed by atoms with Crippen LogP contribution in [0, 0.1) is 5.92 Å². The zero-order chi connectivity index (χ0) is 16.4. The van der Waals surface area contributed by atoms with Crippen molar-refractivity contribution in [1.29, 1.82) is 0 Å². The summed E-state index contributed by atoms with van der Waals surface area (Å²) in [4.78, 5) is 23.0. The highest BCUT2D eigenvalue weighted by Gasteiger charge is 2.13. The maximum absolute atomic E-state index is 12.0. The van der Waals surface area contributed by atoms with Gasteiger partial charge in [0.25, 0.3) is 0 Å². The van der Waals surface area contributed by atoms with Gasteiger partial charge in [0.05, 0.1) is 7.11 Å². The maximum Gasteiger partial charge on any atom is 0.160 e. The Kier molecular flexibility index (Phi) is 8.26. The lowest BCUT2D eigenvalue weighted by molar-refractivity contribution is -0.122. The minimum Gasteiger partial charge on any atom is -0.504 e. The van der Waals surface area contributed by atoms with E-state index in [1.54, 1.807) is 18.2 Å². The first-order valence-electron chi connectivity index (χ1n) is 7.93. The van der Waals surface area contributed by atoms with Crippen LogP contribution >= 0.6 is 0 Å². The van der Waals surface area contributed by atoms with Crippen molar-refractivity contribution < 1.29 is 19.4 Å². The molecule has 0 heterocycles. The topological polar surface area (TPSA) is 63.6 Å². The molecule has 0 saturated heterocycles. The number of unbranched alkanes of at least 4 members (excludes halogenated alkanes) is 2. The number of aromatic hydroxyl groups is 1. The van der Waals surface area contributed by atoms with Crippen molar-refractivity contribution in [2.45, 2.75) is 51.9 Å². The molecule has 22 heavy (non-hydrogen) atoms. The van der Waals surface area contributed by atoms with Crippen LogP contribution in [0.4, 0.5) is 0 Å². The number of methoxy groups -OCH3 is 1. The van der Waals surface area contributed by atoms with Crippen LogP contribution in [-0.2, 0) is 16.0 Å². The number of benzene rings is 1. The largest absolute Gasteiger partial charge is 0.504 e. The van der Waals surface area contributed by atoms with E-state index in [9.17, 15) is 14.7 Å². The minimum atomic E-state index is -0.145. The van der Waals surface area contributed by atoms with Gasteiger partial charge in [0.15, 0.2) is 11.5 Å². The number of hydrogen-bond donors (Lipinski definition) is 1. The molecular weight excluding hydrogens is 280 g/mol. The van der Waals surface area contributed by atoms with E-state index in [1.165, 1.54) is 7.11 Å². The summed E-state index contributed by atoms with van der Waals surface area (Å²) in [7, 11) is 1.50. The Morgan fingerprint density at radius 3 is 2.77 bits per heavy atom. The molecule has 0 amide bonds. The van der Waals surface area contributed by atoms with Gasteiger partial charge in [-0.05, 0) is 30.5 Å². The SMILES string of the molecule is CCCCC[C@@H](C=O)CC(=O)CCc1ccc(O)c(OC)c1. The molecule has 0 fully saturated rings. The van der Waals surface area contributed by atoms with Gasteiger partial charge in [-0.1, -0.05) is 32.3 Å². The summed E-state index contributed by atoms with van der Waals surface area (Å²) in [5, 5.41) is 9.54. The second-order valence-corrected chi connectivity index (χ2v) is 5.64. The summed E-state index contributed by atoms with van der Waals surface area (Å²) >= 11 is 0. The molecule has 4 nitrogen and oxygen atoms in total. The number of phenolic OH excluding ortho intramolecular Hbond substituents is 1. The molecule has 1 rings (SSSR count). The van der Waals surface area contributed by atoms with Crippen LogP contribution in [0.2, 0.25) is 0 Å². The first-order valence-corrected chi connectivity index (χ1v) is 7.93. The molecule has 0 aliphatic carbocycles. The maximum atomic E-state index is 12.0. The molecule has 1 aromatic rings. The predicted molar refractivity (Wildman–Crippen MR) is 86.3 cm³/mol. The number of phenols is 1. The molecule has 0 aliphatic rings. The van der Waals surface area contributed by atoms with E-state index < -0.39 is 0 Å². The van der Waals surface area contributed by atoms with Crippen molar-refractivity contribution in [2.75, 3.05) is 7.11 Å². The van der Waals surface area contributed by atoms with Gasteiger partial charge >= 0.3 is 0 Å². The Morgan fingerprint density at radius 1 is 1.36 bits per heavy atom. The average Bonchev–Trinajstić information content (AvgIpc) is 2.53. The molecule has 1 N–H and O–H groups in total. The molecule has 1 aromatic carbocycles. The minimum absolute atomic E-state index is 0.0921. The lowest BCUT2D eigenvalue weighted by Crippen LogP contribution is -2.10. The quantitative estimate of drug-likeness (QED) is 0.500. The van der Waals surface area contributed by atoms with Gasteiger partial charge in [0.2, 0.25) is 0 Å². The van der Waals surface area contributed by atoms with Crippen molar-refractivity contribution in [3.63, 3.8) is 0 Å². The summed E-state index contributed by atoms with van der Waals surface area (Å²) in [6, 6.07) is 5.09. The number of carbonyl (C=O) groups is 2. The number of carbonyl (C=O) groups excluding carboxylic acids is 2. The second-order valence-electron chi connectivity index (χ2n) is 5.64. The summed E-state index contributed by atoms with van der Waals surface area (Å²) in [5.41, 5.74) is 0.941. The molecule has 4 heteroatoms. The fourth-order valence-corrected chi connectivity index (χ4v) is 2.43. The number of ether oxygens (including phenoxy) is 1. The standard InChI is InChI=1S/C18H26O4/c1-3-4-5-6-15(13-19)11-16(20)9-7-14-8-10-17(21)18(12-14)22-2/h8,10,12-13,15,21H,3-7,9,11H2,1-2H3/t15-/m1/s1. The number of aldehydes is 1. The van der Waals surface area contributed by atoms with Crippen LogP contribution in [0.3, 0.4) is 0 Å². The smallest absolute Gasteiger partial charge is 0.160 e. The van der Waals surface area contributed by atoms with Crippen molar-refractivity contribution in [3.05, 3.63) is 23.8 Å². The van der Waals surface area contributed by atoms with E-state index in [-0.39, 0.29) is 17.5 Å². The van der Waals surface area contributed by atoms with Crippen molar-refractivity contribution >= 4 is 12.1 Å². The van der Waals surface area contributed by atoms with Crippen LogP contribution in [0.1, 0.15) is 51.0 Å². The van der Waals surface area contributed by atoms with E-state index >= 15 is 0 Å². The summed E-state index contributed by atoms with van der Waals surface area (Å²) in [6.45, 7) is 2.12. The molecule has 0 radical (unpaired) electrons. The molecule has 0 bridgehead atoms. The Morgan fingerprint density at radius 2 is 2.14 bits per heavy atom. The first-order chi connectivity index (χ1) is 10.6. The van der Waals surface area contributed by atoms with Crippen molar-refractivity contribution in [2.24, 2.45) is 5.92 Å². The third-order valence-electron chi connectivity index (χ3n) is 3.80. The molecule has 0 unspecified atom stereocenters. The highest BCUT2D eigenvalue weighted by molar-refractivity contribution is 5.81. The molecule has 0 saturated carbocycles. The Balaban J connectivity index is 2.43. The van der Waals surface area contributed by atoms with Gasteiger partial charge in [-0.15, -0.1) is 0 Å². The fourth-order valence-electron chi connectivity index (χ4n) is 2.43. The zero-order valence-corrected chi connectivity index (χ0v) is 13.5. The second kappa shape index (κ2) is 9.98. The van der Waals surface area contributed by atoms with Gasteiger partial charge in [-0.3, -0.25) is 4.79 Å².